The summed E-state index contributed by atoms with van der Waals surface area (Å²) in [5.74, 6) is -0.561. The number of amides is 1. The molecule has 0 aliphatic carbocycles. The number of carbonyl (C=O) groups excluding carboxylic acids is 1. The van der Waals surface area contributed by atoms with Gasteiger partial charge in [0.15, 0.2) is 0 Å². The van der Waals surface area contributed by atoms with E-state index in [1.807, 2.05) is 0 Å². The average molecular weight is 231 g/mol. The summed E-state index contributed by atoms with van der Waals surface area (Å²) in [6.07, 6.45) is 2.63. The molecule has 3 nitrogen and oxygen atoms in total. The van der Waals surface area contributed by atoms with Crippen molar-refractivity contribution >= 4 is 40.9 Å². The molecule has 0 aliphatic rings. The van der Waals surface area contributed by atoms with Crippen LogP contribution in [0.25, 0.3) is 6.08 Å². The monoisotopic (exact) mass is 230 g/mol. The predicted octanol–water partition coefficient (Wildman–Crippen LogP) is 2.07. The Labute approximate surface area is 91.3 Å². The maximum absolute atomic E-state index is 10.5. The lowest BCUT2D eigenvalue weighted by molar-refractivity contribution is -0.113. The van der Waals surface area contributed by atoms with E-state index in [4.69, 9.17) is 34.7 Å². The molecule has 0 aliphatic heterocycles. The topological polar surface area (TPSA) is 69.1 Å². The average Bonchev–Trinajstić information content (AvgIpc) is 2.01. The molecule has 4 N–H and O–H groups in total. The van der Waals surface area contributed by atoms with Crippen molar-refractivity contribution in [2.24, 2.45) is 5.73 Å². The second-order valence-electron chi connectivity index (χ2n) is 2.63. The van der Waals surface area contributed by atoms with Crippen LogP contribution in [0.1, 0.15) is 5.56 Å². The fourth-order valence-corrected chi connectivity index (χ4v) is 1.56. The number of nitrogen functional groups attached to an aromatic ring is 1. The highest BCUT2D eigenvalue weighted by atomic mass is 35.5. The van der Waals surface area contributed by atoms with Crippen molar-refractivity contribution in [1.29, 1.82) is 0 Å². The van der Waals surface area contributed by atoms with E-state index in [0.717, 1.165) is 0 Å². The Balaban J connectivity index is 3.15. The molecule has 0 radical (unpaired) electrons. The first-order chi connectivity index (χ1) is 6.50. The second-order valence-corrected chi connectivity index (χ2v) is 3.45. The predicted molar refractivity (Wildman–Crippen MR) is 59.1 cm³/mol. The largest absolute Gasteiger partial charge is 0.399 e. The fraction of sp³-hybridized carbons (Fsp3) is 0. The van der Waals surface area contributed by atoms with Gasteiger partial charge in [-0.15, -0.1) is 0 Å². The van der Waals surface area contributed by atoms with Gasteiger partial charge in [0, 0.05) is 17.3 Å². The number of primary amides is 1. The van der Waals surface area contributed by atoms with Crippen molar-refractivity contribution in [2.75, 3.05) is 5.73 Å². The standard InChI is InChI=1S/C9H8Cl2N2O/c10-7-3-5(12)4-8(11)6(7)1-2-9(13)14/h1-4H,12H2,(H2,13,14). The minimum atomic E-state index is -0.561. The minimum absolute atomic E-state index is 0.382. The molecule has 1 aromatic rings. The Morgan fingerprint density at radius 2 is 1.79 bits per heavy atom. The summed E-state index contributed by atoms with van der Waals surface area (Å²) in [6, 6.07) is 3.10. The molecule has 0 fully saturated rings. The highest BCUT2D eigenvalue weighted by Crippen LogP contribution is 2.28. The summed E-state index contributed by atoms with van der Waals surface area (Å²) in [5.41, 5.74) is 11.4. The van der Waals surface area contributed by atoms with E-state index in [0.29, 0.717) is 21.3 Å². The number of hydrogen-bond donors (Lipinski definition) is 2. The highest BCUT2D eigenvalue weighted by Gasteiger charge is 2.04. The first kappa shape index (κ1) is 10.9. The van der Waals surface area contributed by atoms with Crippen LogP contribution < -0.4 is 11.5 Å². The molecule has 0 spiro atoms. The summed E-state index contributed by atoms with van der Waals surface area (Å²) >= 11 is 11.7. The zero-order valence-corrected chi connectivity index (χ0v) is 8.64. The molecule has 0 saturated carbocycles. The van der Waals surface area contributed by atoms with Crippen LogP contribution in [0.3, 0.4) is 0 Å². The molecule has 0 aromatic heterocycles. The quantitative estimate of drug-likeness (QED) is 0.604. The van der Waals surface area contributed by atoms with Crippen molar-refractivity contribution in [3.05, 3.63) is 33.8 Å². The van der Waals surface area contributed by atoms with E-state index in [1.165, 1.54) is 12.2 Å². The van der Waals surface area contributed by atoms with Gasteiger partial charge in [0.25, 0.3) is 0 Å². The zero-order chi connectivity index (χ0) is 10.7. The summed E-state index contributed by atoms with van der Waals surface area (Å²) in [6.45, 7) is 0. The van der Waals surface area contributed by atoms with Crippen LogP contribution in [-0.2, 0) is 4.79 Å². The molecule has 5 heteroatoms. The molecule has 0 heterocycles. The van der Waals surface area contributed by atoms with Crippen molar-refractivity contribution in [3.8, 4) is 0 Å². The van der Waals surface area contributed by atoms with Gasteiger partial charge in [-0.3, -0.25) is 4.79 Å². The second kappa shape index (κ2) is 4.35. The molecule has 0 saturated heterocycles. The van der Waals surface area contributed by atoms with Crippen molar-refractivity contribution in [2.45, 2.75) is 0 Å². The van der Waals surface area contributed by atoms with E-state index >= 15 is 0 Å². The smallest absolute Gasteiger partial charge is 0.241 e. The molecule has 0 atom stereocenters. The molecule has 0 unspecified atom stereocenters. The number of carbonyl (C=O) groups is 1. The highest BCUT2D eigenvalue weighted by molar-refractivity contribution is 6.37. The Morgan fingerprint density at radius 3 is 2.21 bits per heavy atom. The van der Waals surface area contributed by atoms with E-state index in [1.54, 1.807) is 12.1 Å². The first-order valence-electron chi connectivity index (χ1n) is 3.72. The van der Waals surface area contributed by atoms with Crippen LogP contribution in [0.5, 0.6) is 0 Å². The maximum Gasteiger partial charge on any atom is 0.241 e. The van der Waals surface area contributed by atoms with Crippen LogP contribution in [0, 0.1) is 0 Å². The van der Waals surface area contributed by atoms with Gasteiger partial charge in [-0.05, 0) is 18.2 Å². The van der Waals surface area contributed by atoms with Gasteiger partial charge >= 0.3 is 0 Å². The normalized spacial score (nSPS) is 10.7. The Morgan fingerprint density at radius 1 is 1.29 bits per heavy atom. The first-order valence-corrected chi connectivity index (χ1v) is 4.48. The van der Waals surface area contributed by atoms with Crippen molar-refractivity contribution in [3.63, 3.8) is 0 Å². The van der Waals surface area contributed by atoms with Crippen LogP contribution >= 0.6 is 23.2 Å². The SMILES string of the molecule is NC(=O)C=Cc1c(Cl)cc(N)cc1Cl. The summed E-state index contributed by atoms with van der Waals surface area (Å²) in [5, 5.41) is 0.764. The number of rotatable bonds is 2. The van der Waals surface area contributed by atoms with Crippen LogP contribution in [0.4, 0.5) is 5.69 Å². The van der Waals surface area contributed by atoms with Crippen LogP contribution in [-0.4, -0.2) is 5.91 Å². The molecule has 1 rings (SSSR count). The van der Waals surface area contributed by atoms with Gasteiger partial charge < -0.3 is 11.5 Å². The third-order valence-electron chi connectivity index (χ3n) is 1.52. The van der Waals surface area contributed by atoms with E-state index in [-0.39, 0.29) is 0 Å². The van der Waals surface area contributed by atoms with Crippen LogP contribution in [0.2, 0.25) is 10.0 Å². The van der Waals surface area contributed by atoms with E-state index in [9.17, 15) is 4.79 Å². The van der Waals surface area contributed by atoms with Gasteiger partial charge in [0.1, 0.15) is 0 Å². The van der Waals surface area contributed by atoms with Gasteiger partial charge in [-0.1, -0.05) is 23.2 Å². The summed E-state index contributed by atoms with van der Waals surface area (Å²) in [7, 11) is 0. The van der Waals surface area contributed by atoms with Crippen molar-refractivity contribution in [1.82, 2.24) is 0 Å². The third kappa shape index (κ3) is 2.65. The molecule has 0 bridgehead atoms. The summed E-state index contributed by atoms with van der Waals surface area (Å²) in [4.78, 5) is 10.5. The lowest BCUT2D eigenvalue weighted by Crippen LogP contribution is -2.05. The number of nitrogens with two attached hydrogens (primary N) is 2. The number of halogens is 2. The van der Waals surface area contributed by atoms with Gasteiger partial charge in [-0.25, -0.2) is 0 Å². The number of benzene rings is 1. The molecular formula is C9H8Cl2N2O. The van der Waals surface area contributed by atoms with Crippen LogP contribution in [0.15, 0.2) is 18.2 Å². The molecule has 74 valence electrons. The number of anilines is 1. The third-order valence-corrected chi connectivity index (χ3v) is 2.14. The Bertz CT molecular complexity index is 379. The lowest BCUT2D eigenvalue weighted by atomic mass is 10.2. The molecule has 1 aromatic carbocycles. The lowest BCUT2D eigenvalue weighted by Gasteiger charge is -2.02. The van der Waals surface area contributed by atoms with E-state index < -0.39 is 5.91 Å². The molecular weight excluding hydrogens is 223 g/mol. The Hall–Kier alpha value is -1.19. The molecule has 14 heavy (non-hydrogen) atoms. The van der Waals surface area contributed by atoms with Crippen molar-refractivity contribution < 1.29 is 4.79 Å². The maximum atomic E-state index is 10.5. The number of hydrogen-bond acceptors (Lipinski definition) is 2. The van der Waals surface area contributed by atoms with Gasteiger partial charge in [-0.2, -0.15) is 0 Å². The molecule has 1 amide bonds. The Kier molecular flexibility index (Phi) is 3.38. The van der Waals surface area contributed by atoms with Gasteiger partial charge in [0.2, 0.25) is 5.91 Å². The van der Waals surface area contributed by atoms with Gasteiger partial charge in [0.05, 0.1) is 10.0 Å². The van der Waals surface area contributed by atoms with E-state index in [2.05, 4.69) is 0 Å². The summed E-state index contributed by atoms with van der Waals surface area (Å²) < 4.78 is 0. The minimum Gasteiger partial charge on any atom is -0.399 e. The zero-order valence-electron chi connectivity index (χ0n) is 7.13. The fourth-order valence-electron chi connectivity index (χ4n) is 0.929.